The monoisotopic (exact) mass is 416 g/mol. The van der Waals surface area contributed by atoms with Gasteiger partial charge in [0.2, 0.25) is 0 Å². The lowest BCUT2D eigenvalue weighted by Crippen LogP contribution is -2.14. The maximum absolute atomic E-state index is 12.4. The molecule has 0 saturated heterocycles. The van der Waals surface area contributed by atoms with E-state index in [0.717, 1.165) is 0 Å². The summed E-state index contributed by atoms with van der Waals surface area (Å²) in [7, 11) is -2.23. The number of para-hydroxylation sites is 2. The molecule has 0 spiro atoms. The summed E-state index contributed by atoms with van der Waals surface area (Å²) < 4.78 is 32.5. The highest BCUT2D eigenvalue weighted by molar-refractivity contribution is 7.92. The summed E-state index contributed by atoms with van der Waals surface area (Å²) in [5.41, 5.74) is 1.26. The predicted molar refractivity (Wildman–Crippen MR) is 110 cm³/mol. The van der Waals surface area contributed by atoms with Crippen LogP contribution in [0.1, 0.15) is 10.4 Å². The highest BCUT2D eigenvalue weighted by Crippen LogP contribution is 2.24. The van der Waals surface area contributed by atoms with E-state index in [-0.39, 0.29) is 10.8 Å². The van der Waals surface area contributed by atoms with Crippen LogP contribution in [0.15, 0.2) is 77.7 Å². The molecule has 0 fully saturated rings. The Kier molecular flexibility index (Phi) is 5.87. The number of sulfonamides is 1. The molecular weight excluding hydrogens is 400 g/mol. The Morgan fingerprint density at radius 2 is 1.57 bits per heavy atom. The summed E-state index contributed by atoms with van der Waals surface area (Å²) in [6, 6.07) is 19.0. The third-order valence-electron chi connectivity index (χ3n) is 3.88. The number of amides is 1. The van der Waals surface area contributed by atoms with Crippen LogP contribution in [-0.2, 0) is 10.0 Å². The van der Waals surface area contributed by atoms with Crippen molar-refractivity contribution in [3.8, 4) is 5.75 Å². The van der Waals surface area contributed by atoms with Crippen molar-refractivity contribution in [2.24, 2.45) is 0 Å². The van der Waals surface area contributed by atoms with E-state index in [9.17, 15) is 13.2 Å². The van der Waals surface area contributed by atoms with Crippen LogP contribution in [0.5, 0.6) is 5.75 Å². The van der Waals surface area contributed by atoms with E-state index < -0.39 is 10.0 Å². The molecule has 3 rings (SSSR count). The molecule has 0 atom stereocenters. The molecule has 2 N–H and O–H groups in total. The van der Waals surface area contributed by atoms with Gasteiger partial charge in [0, 0.05) is 16.3 Å². The molecule has 1 amide bonds. The molecule has 0 aromatic heterocycles. The van der Waals surface area contributed by atoms with E-state index in [1.54, 1.807) is 24.3 Å². The zero-order chi connectivity index (χ0) is 20.1. The standard InChI is InChI=1S/C20H17ClN2O4S/c1-27-19-5-3-2-4-18(19)22-20(24)14-6-10-16(11-7-14)23-28(25,26)17-12-8-15(21)9-13-17/h2-13,23H,1H3,(H,22,24). The van der Waals surface area contributed by atoms with Crippen LogP contribution in [0, 0.1) is 0 Å². The SMILES string of the molecule is COc1ccccc1NC(=O)c1ccc(NS(=O)(=O)c2ccc(Cl)cc2)cc1. The minimum Gasteiger partial charge on any atom is -0.495 e. The second kappa shape index (κ2) is 8.33. The molecule has 0 aliphatic heterocycles. The van der Waals surface area contributed by atoms with Gasteiger partial charge in [0.05, 0.1) is 17.7 Å². The molecule has 0 radical (unpaired) electrons. The number of carbonyl (C=O) groups excluding carboxylic acids is 1. The van der Waals surface area contributed by atoms with Gasteiger partial charge < -0.3 is 10.1 Å². The Bertz CT molecular complexity index is 1080. The van der Waals surface area contributed by atoms with Crippen molar-refractivity contribution < 1.29 is 17.9 Å². The second-order valence-electron chi connectivity index (χ2n) is 5.79. The summed E-state index contributed by atoms with van der Waals surface area (Å²) in [5.74, 6) is 0.208. The van der Waals surface area contributed by atoms with Crippen LogP contribution >= 0.6 is 11.6 Å². The summed E-state index contributed by atoms with van der Waals surface area (Å²) in [5, 5.41) is 3.21. The number of methoxy groups -OCH3 is 1. The average molecular weight is 417 g/mol. The van der Waals surface area contributed by atoms with Gasteiger partial charge >= 0.3 is 0 Å². The zero-order valence-electron chi connectivity index (χ0n) is 14.8. The molecule has 0 bridgehead atoms. The first-order valence-electron chi connectivity index (χ1n) is 8.22. The zero-order valence-corrected chi connectivity index (χ0v) is 16.4. The molecule has 0 unspecified atom stereocenters. The number of nitrogens with one attached hydrogen (secondary N) is 2. The Hall–Kier alpha value is -3.03. The fraction of sp³-hybridized carbons (Fsp3) is 0.0500. The van der Waals surface area contributed by atoms with Crippen LogP contribution in [0.3, 0.4) is 0 Å². The van der Waals surface area contributed by atoms with Crippen molar-refractivity contribution in [2.45, 2.75) is 4.90 Å². The van der Waals surface area contributed by atoms with Gasteiger partial charge in [-0.3, -0.25) is 9.52 Å². The summed E-state index contributed by atoms with van der Waals surface area (Å²) in [6.07, 6.45) is 0. The highest BCUT2D eigenvalue weighted by Gasteiger charge is 2.15. The van der Waals surface area contributed by atoms with Crippen LogP contribution in [0.25, 0.3) is 0 Å². The molecule has 0 saturated carbocycles. The van der Waals surface area contributed by atoms with E-state index in [1.807, 2.05) is 0 Å². The maximum atomic E-state index is 12.4. The quantitative estimate of drug-likeness (QED) is 0.623. The van der Waals surface area contributed by atoms with E-state index in [2.05, 4.69) is 10.0 Å². The van der Waals surface area contributed by atoms with Crippen molar-refractivity contribution in [3.63, 3.8) is 0 Å². The number of ether oxygens (including phenoxy) is 1. The largest absolute Gasteiger partial charge is 0.495 e. The Morgan fingerprint density at radius 3 is 2.21 bits per heavy atom. The van der Waals surface area contributed by atoms with E-state index in [4.69, 9.17) is 16.3 Å². The van der Waals surface area contributed by atoms with Crippen molar-refractivity contribution in [2.75, 3.05) is 17.1 Å². The number of rotatable bonds is 6. The average Bonchev–Trinajstić information content (AvgIpc) is 2.69. The normalized spacial score (nSPS) is 10.9. The second-order valence-corrected chi connectivity index (χ2v) is 7.91. The Labute approximate surface area is 168 Å². The lowest BCUT2D eigenvalue weighted by molar-refractivity contribution is 0.102. The number of hydrogen-bond acceptors (Lipinski definition) is 4. The van der Waals surface area contributed by atoms with E-state index in [0.29, 0.717) is 27.7 Å². The number of anilines is 2. The number of benzene rings is 3. The van der Waals surface area contributed by atoms with Crippen LogP contribution in [-0.4, -0.2) is 21.4 Å². The van der Waals surface area contributed by atoms with Crippen molar-refractivity contribution >= 4 is 38.9 Å². The van der Waals surface area contributed by atoms with E-state index in [1.165, 1.54) is 55.6 Å². The van der Waals surface area contributed by atoms with Crippen LogP contribution in [0.2, 0.25) is 5.02 Å². The van der Waals surface area contributed by atoms with E-state index >= 15 is 0 Å². The smallest absolute Gasteiger partial charge is 0.261 e. The van der Waals surface area contributed by atoms with Gasteiger partial charge in [-0.1, -0.05) is 23.7 Å². The van der Waals surface area contributed by atoms with Gasteiger partial charge in [-0.2, -0.15) is 0 Å². The third kappa shape index (κ3) is 4.62. The topological polar surface area (TPSA) is 84.5 Å². The van der Waals surface area contributed by atoms with Crippen molar-refractivity contribution in [3.05, 3.63) is 83.4 Å². The lowest BCUT2D eigenvalue weighted by Gasteiger charge is -2.11. The maximum Gasteiger partial charge on any atom is 0.261 e. The van der Waals surface area contributed by atoms with Crippen LogP contribution < -0.4 is 14.8 Å². The summed E-state index contributed by atoms with van der Waals surface area (Å²) in [6.45, 7) is 0. The highest BCUT2D eigenvalue weighted by atomic mass is 35.5. The van der Waals surface area contributed by atoms with Gasteiger partial charge in [-0.05, 0) is 60.7 Å². The lowest BCUT2D eigenvalue weighted by atomic mass is 10.2. The van der Waals surface area contributed by atoms with Gasteiger partial charge in [-0.25, -0.2) is 8.42 Å². The first kappa shape index (κ1) is 19.7. The van der Waals surface area contributed by atoms with Crippen molar-refractivity contribution in [1.82, 2.24) is 0 Å². The first-order valence-corrected chi connectivity index (χ1v) is 10.1. The molecule has 144 valence electrons. The fourth-order valence-corrected chi connectivity index (χ4v) is 3.64. The fourth-order valence-electron chi connectivity index (χ4n) is 2.46. The third-order valence-corrected chi connectivity index (χ3v) is 5.53. The minimum absolute atomic E-state index is 0.0925. The number of halogens is 1. The number of carbonyl (C=O) groups is 1. The molecule has 3 aromatic rings. The molecule has 8 heteroatoms. The summed E-state index contributed by atoms with van der Waals surface area (Å²) in [4.78, 5) is 12.5. The molecule has 3 aromatic carbocycles. The predicted octanol–water partition coefficient (Wildman–Crippen LogP) is 4.40. The van der Waals surface area contributed by atoms with Crippen molar-refractivity contribution in [1.29, 1.82) is 0 Å². The van der Waals surface area contributed by atoms with Crippen LogP contribution in [0.4, 0.5) is 11.4 Å². The molecule has 0 aliphatic carbocycles. The Morgan fingerprint density at radius 1 is 0.929 bits per heavy atom. The molecule has 0 heterocycles. The first-order chi connectivity index (χ1) is 13.4. The van der Waals surface area contributed by atoms with Gasteiger partial charge in [0.15, 0.2) is 0 Å². The number of hydrogen-bond donors (Lipinski definition) is 2. The molecule has 0 aliphatic rings. The van der Waals surface area contributed by atoms with Gasteiger partial charge in [-0.15, -0.1) is 0 Å². The van der Waals surface area contributed by atoms with Gasteiger partial charge in [0.25, 0.3) is 15.9 Å². The Balaban J connectivity index is 1.72. The molecular formula is C20H17ClN2O4S. The van der Waals surface area contributed by atoms with Gasteiger partial charge in [0.1, 0.15) is 5.75 Å². The molecule has 28 heavy (non-hydrogen) atoms. The molecule has 6 nitrogen and oxygen atoms in total. The summed E-state index contributed by atoms with van der Waals surface area (Å²) >= 11 is 5.79. The minimum atomic E-state index is -3.75.